The highest BCUT2D eigenvalue weighted by molar-refractivity contribution is 9.10. The van der Waals surface area contributed by atoms with E-state index < -0.39 is 0 Å². The van der Waals surface area contributed by atoms with Gasteiger partial charge >= 0.3 is 0 Å². The number of nitriles is 1. The number of anilines is 1. The van der Waals surface area contributed by atoms with E-state index in [-0.39, 0.29) is 18.4 Å². The maximum absolute atomic E-state index is 12.9. The number of halogens is 3. The first-order valence-corrected chi connectivity index (χ1v) is 9.84. The molecule has 0 saturated carbocycles. The van der Waals surface area contributed by atoms with Crippen molar-refractivity contribution in [3.05, 3.63) is 68.1 Å². The second-order valence-corrected chi connectivity index (χ2v) is 8.16. The number of rotatable bonds is 3. The molecular weight excluding hydrogens is 449 g/mol. The summed E-state index contributed by atoms with van der Waals surface area (Å²) in [5.74, 6) is -0.330. The van der Waals surface area contributed by atoms with Crippen molar-refractivity contribution in [3.63, 3.8) is 0 Å². The Bertz CT molecular complexity index is 964. The third kappa shape index (κ3) is 3.84. The van der Waals surface area contributed by atoms with Gasteiger partial charge in [0.05, 0.1) is 34.6 Å². The van der Waals surface area contributed by atoms with Crippen molar-refractivity contribution in [3.8, 4) is 6.07 Å². The Morgan fingerprint density at radius 2 is 1.85 bits per heavy atom. The minimum atomic E-state index is -0.234. The predicted octanol–water partition coefficient (Wildman–Crippen LogP) is 5.91. The van der Waals surface area contributed by atoms with Crippen molar-refractivity contribution >= 4 is 56.4 Å². The molecule has 0 unspecified atom stereocenters. The Hall–Kier alpha value is -2.00. The van der Waals surface area contributed by atoms with Crippen LogP contribution in [0.3, 0.4) is 0 Å². The van der Waals surface area contributed by atoms with Gasteiger partial charge in [0.1, 0.15) is 0 Å². The molecule has 0 bridgehead atoms. The minimum Gasteiger partial charge on any atom is -0.273 e. The number of nitrogens with zero attached hydrogens (tertiary/aromatic N) is 3. The average molecular weight is 465 g/mol. The quantitative estimate of drug-likeness (QED) is 0.567. The Balaban J connectivity index is 2.21. The number of carbonyl (C=O) groups excluding carboxylic acids is 1. The topological polar surface area (TPSA) is 47.3 Å². The van der Waals surface area contributed by atoms with Gasteiger partial charge in [-0.3, -0.25) is 4.79 Å². The van der Waals surface area contributed by atoms with Crippen LogP contribution in [0, 0.1) is 17.2 Å². The second kappa shape index (κ2) is 7.93. The summed E-state index contributed by atoms with van der Waals surface area (Å²) in [6, 6.07) is 14.9. The van der Waals surface area contributed by atoms with Crippen LogP contribution in [0.4, 0.5) is 5.69 Å². The zero-order valence-electron chi connectivity index (χ0n) is 14.7. The van der Waals surface area contributed by atoms with Crippen LogP contribution in [0.2, 0.25) is 10.0 Å². The molecule has 138 valence electrons. The van der Waals surface area contributed by atoms with E-state index in [9.17, 15) is 10.1 Å². The molecule has 0 fully saturated rings. The van der Waals surface area contributed by atoms with Gasteiger partial charge in [-0.25, -0.2) is 10.0 Å². The summed E-state index contributed by atoms with van der Waals surface area (Å²) >= 11 is 15.9. The summed E-state index contributed by atoms with van der Waals surface area (Å²) in [6.07, 6.45) is 0. The molecule has 27 heavy (non-hydrogen) atoms. The zero-order chi connectivity index (χ0) is 19.7. The molecule has 3 rings (SSSR count). The van der Waals surface area contributed by atoms with Crippen molar-refractivity contribution in [1.82, 2.24) is 5.01 Å². The van der Waals surface area contributed by atoms with Crippen LogP contribution >= 0.6 is 39.1 Å². The molecule has 4 nitrogen and oxygen atoms in total. The molecule has 7 heteroatoms. The monoisotopic (exact) mass is 463 g/mol. The van der Waals surface area contributed by atoms with Gasteiger partial charge in [-0.1, -0.05) is 65.1 Å². The molecule has 0 aliphatic carbocycles. The summed E-state index contributed by atoms with van der Waals surface area (Å²) in [4.78, 5) is 12.9. The van der Waals surface area contributed by atoms with Crippen molar-refractivity contribution in [2.45, 2.75) is 13.8 Å². The van der Waals surface area contributed by atoms with Crippen molar-refractivity contribution in [1.29, 1.82) is 5.26 Å². The molecule has 1 heterocycles. The number of amides is 1. The molecule has 1 amide bonds. The molecule has 0 N–H and O–H groups in total. The maximum Gasteiger partial charge on any atom is 0.244 e. The first-order chi connectivity index (χ1) is 12.8. The largest absolute Gasteiger partial charge is 0.273 e. The zero-order valence-corrected chi connectivity index (χ0v) is 17.8. The second-order valence-electron chi connectivity index (χ2n) is 6.40. The Labute approximate surface area is 176 Å². The van der Waals surface area contributed by atoms with Gasteiger partial charge < -0.3 is 0 Å². The maximum atomic E-state index is 12.9. The molecule has 2 aromatic rings. The fourth-order valence-corrected chi connectivity index (χ4v) is 3.67. The lowest BCUT2D eigenvalue weighted by Gasteiger charge is -2.34. The van der Waals surface area contributed by atoms with E-state index in [2.05, 4.69) is 22.0 Å². The molecule has 0 radical (unpaired) electrons. The number of hydrogen-bond donors (Lipinski definition) is 0. The molecule has 0 spiro atoms. The summed E-state index contributed by atoms with van der Waals surface area (Å²) in [7, 11) is 0. The highest BCUT2D eigenvalue weighted by Gasteiger charge is 2.37. The third-order valence-corrected chi connectivity index (χ3v) is 5.25. The predicted molar refractivity (Wildman–Crippen MR) is 112 cm³/mol. The lowest BCUT2D eigenvalue weighted by molar-refractivity contribution is -0.133. The van der Waals surface area contributed by atoms with Crippen LogP contribution < -0.4 is 5.01 Å². The summed E-state index contributed by atoms with van der Waals surface area (Å²) < 4.78 is 0.926. The normalized spacial score (nSPS) is 14.1. The Kier molecular flexibility index (Phi) is 5.81. The lowest BCUT2D eigenvalue weighted by atomic mass is 10.1. The van der Waals surface area contributed by atoms with Gasteiger partial charge in [0.25, 0.3) is 0 Å². The van der Waals surface area contributed by atoms with Crippen molar-refractivity contribution < 1.29 is 4.79 Å². The Morgan fingerprint density at radius 1 is 1.19 bits per heavy atom. The fraction of sp³-hybridized carbons (Fsp3) is 0.200. The van der Waals surface area contributed by atoms with Crippen LogP contribution in [0.1, 0.15) is 19.4 Å². The molecule has 0 aromatic heterocycles. The summed E-state index contributed by atoms with van der Waals surface area (Å²) in [5, 5.41) is 13.9. The van der Waals surface area contributed by atoms with E-state index >= 15 is 0 Å². The number of hydrazine groups is 1. The summed E-state index contributed by atoms with van der Waals surface area (Å²) in [6.45, 7) is 3.85. The molecule has 0 atom stereocenters. The van der Waals surface area contributed by atoms with Gasteiger partial charge in [0, 0.05) is 21.0 Å². The van der Waals surface area contributed by atoms with Crippen molar-refractivity contribution in [2.24, 2.45) is 5.92 Å². The smallest absolute Gasteiger partial charge is 0.244 e. The Morgan fingerprint density at radius 3 is 2.41 bits per heavy atom. The molecule has 0 saturated heterocycles. The van der Waals surface area contributed by atoms with Crippen LogP contribution in [-0.4, -0.2) is 17.5 Å². The molecule has 1 aliphatic heterocycles. The summed E-state index contributed by atoms with van der Waals surface area (Å²) in [5.41, 5.74) is 2.55. The van der Waals surface area contributed by atoms with Crippen LogP contribution in [-0.2, 0) is 4.79 Å². The van der Waals surface area contributed by atoms with E-state index in [0.29, 0.717) is 27.0 Å². The van der Waals surface area contributed by atoms with Gasteiger partial charge in [0.2, 0.25) is 5.91 Å². The molecular formula is C20H16BrCl2N3O. The molecule has 2 aromatic carbocycles. The van der Waals surface area contributed by atoms with Gasteiger partial charge in [-0.2, -0.15) is 5.26 Å². The van der Waals surface area contributed by atoms with Crippen LogP contribution in [0.15, 0.2) is 52.5 Å². The van der Waals surface area contributed by atoms with Gasteiger partial charge in [-0.05, 0) is 30.3 Å². The standard InChI is InChI=1S/C20H16BrCl2N3O/c1-12(2)20(27)25-11-14(10-24)19(13-3-5-15(21)6-4-13)26(25)18-8-7-16(22)9-17(18)23/h3-9,12H,11H2,1-2H3. The number of carbonyl (C=O) groups is 1. The highest BCUT2D eigenvalue weighted by atomic mass is 79.9. The third-order valence-electron chi connectivity index (χ3n) is 4.19. The van der Waals surface area contributed by atoms with Gasteiger partial charge in [-0.15, -0.1) is 0 Å². The van der Waals surface area contributed by atoms with Crippen LogP contribution in [0.25, 0.3) is 5.70 Å². The number of benzene rings is 2. The average Bonchev–Trinajstić information content (AvgIpc) is 3.01. The highest BCUT2D eigenvalue weighted by Crippen LogP contribution is 2.41. The minimum absolute atomic E-state index is 0.0964. The van der Waals surface area contributed by atoms with E-state index in [4.69, 9.17) is 23.2 Å². The number of hydrogen-bond acceptors (Lipinski definition) is 3. The van der Waals surface area contributed by atoms with E-state index in [1.54, 1.807) is 28.2 Å². The van der Waals surface area contributed by atoms with E-state index in [1.165, 1.54) is 0 Å². The van der Waals surface area contributed by atoms with E-state index in [1.807, 2.05) is 38.1 Å². The fourth-order valence-electron chi connectivity index (χ4n) is 2.91. The van der Waals surface area contributed by atoms with Gasteiger partial charge in [0.15, 0.2) is 0 Å². The first-order valence-electron chi connectivity index (χ1n) is 8.29. The lowest BCUT2D eigenvalue weighted by Crippen LogP contribution is -2.44. The van der Waals surface area contributed by atoms with Crippen LogP contribution in [0.5, 0.6) is 0 Å². The molecule has 1 aliphatic rings. The van der Waals surface area contributed by atoms with E-state index in [0.717, 1.165) is 10.0 Å². The van der Waals surface area contributed by atoms with Crippen molar-refractivity contribution in [2.75, 3.05) is 11.6 Å². The first kappa shape index (κ1) is 19.8. The SMILES string of the molecule is CC(C)C(=O)N1CC(C#N)=C(c2ccc(Br)cc2)N1c1ccc(Cl)cc1Cl.